The molecule has 0 aliphatic heterocycles. The Morgan fingerprint density at radius 1 is 1.00 bits per heavy atom. The number of hydrogen-bond acceptors (Lipinski definition) is 5. The van der Waals surface area contributed by atoms with E-state index in [9.17, 15) is 9.59 Å². The van der Waals surface area contributed by atoms with Gasteiger partial charge in [-0.2, -0.15) is 0 Å². The maximum absolute atomic E-state index is 12.2. The quantitative estimate of drug-likeness (QED) is 0.663. The van der Waals surface area contributed by atoms with Crippen molar-refractivity contribution in [3.8, 4) is 5.75 Å². The van der Waals surface area contributed by atoms with E-state index >= 15 is 0 Å². The zero-order chi connectivity index (χ0) is 18.8. The van der Waals surface area contributed by atoms with Gasteiger partial charge in [-0.05, 0) is 36.2 Å². The monoisotopic (exact) mass is 357 g/mol. The molecule has 2 amide bonds. The highest BCUT2D eigenvalue weighted by Crippen LogP contribution is 2.11. The van der Waals surface area contributed by atoms with Crippen LogP contribution in [0.3, 0.4) is 0 Å². The number of amides is 2. The fourth-order valence-corrected chi connectivity index (χ4v) is 2.27. The SMILES string of the molecule is COCCNC(=O)c1ccnc(C(=O)NCCc2ccc(OC)cc2)c1. The van der Waals surface area contributed by atoms with Crippen LogP contribution in [0, 0.1) is 0 Å². The first-order chi connectivity index (χ1) is 12.6. The summed E-state index contributed by atoms with van der Waals surface area (Å²) in [5.41, 5.74) is 1.68. The number of carbonyl (C=O) groups excluding carboxylic acids is 2. The van der Waals surface area contributed by atoms with Crippen LogP contribution in [-0.4, -0.2) is 50.7 Å². The third-order valence-electron chi connectivity index (χ3n) is 3.70. The van der Waals surface area contributed by atoms with Gasteiger partial charge in [0, 0.05) is 32.0 Å². The summed E-state index contributed by atoms with van der Waals surface area (Å²) >= 11 is 0. The highest BCUT2D eigenvalue weighted by molar-refractivity contribution is 5.98. The number of nitrogens with zero attached hydrogens (tertiary/aromatic N) is 1. The van der Waals surface area contributed by atoms with E-state index in [-0.39, 0.29) is 17.5 Å². The molecule has 0 saturated heterocycles. The Morgan fingerprint density at radius 3 is 2.42 bits per heavy atom. The van der Waals surface area contributed by atoms with Crippen LogP contribution in [0.1, 0.15) is 26.4 Å². The molecule has 7 nitrogen and oxygen atoms in total. The van der Waals surface area contributed by atoms with Gasteiger partial charge >= 0.3 is 0 Å². The first-order valence-corrected chi connectivity index (χ1v) is 8.28. The van der Waals surface area contributed by atoms with Gasteiger partial charge in [0.1, 0.15) is 11.4 Å². The average Bonchev–Trinajstić information content (AvgIpc) is 2.68. The molecular weight excluding hydrogens is 334 g/mol. The lowest BCUT2D eigenvalue weighted by Crippen LogP contribution is -2.29. The summed E-state index contributed by atoms with van der Waals surface area (Å²) in [7, 11) is 3.18. The molecule has 0 spiro atoms. The van der Waals surface area contributed by atoms with Crippen molar-refractivity contribution in [1.29, 1.82) is 0 Å². The molecule has 2 N–H and O–H groups in total. The van der Waals surface area contributed by atoms with E-state index in [0.717, 1.165) is 11.3 Å². The first kappa shape index (κ1) is 19.4. The number of rotatable bonds is 9. The Labute approximate surface area is 152 Å². The predicted molar refractivity (Wildman–Crippen MR) is 97.5 cm³/mol. The minimum atomic E-state index is -0.315. The number of nitrogens with one attached hydrogen (secondary N) is 2. The molecule has 0 fully saturated rings. The van der Waals surface area contributed by atoms with Gasteiger partial charge < -0.3 is 20.1 Å². The number of pyridine rings is 1. The zero-order valence-corrected chi connectivity index (χ0v) is 15.0. The van der Waals surface area contributed by atoms with Gasteiger partial charge in [-0.3, -0.25) is 14.6 Å². The number of methoxy groups -OCH3 is 2. The van der Waals surface area contributed by atoms with Crippen LogP contribution in [0.4, 0.5) is 0 Å². The fourth-order valence-electron chi connectivity index (χ4n) is 2.27. The third-order valence-corrected chi connectivity index (χ3v) is 3.70. The topological polar surface area (TPSA) is 89.5 Å². The number of carbonyl (C=O) groups is 2. The van der Waals surface area contributed by atoms with Crippen LogP contribution in [0.2, 0.25) is 0 Å². The minimum absolute atomic E-state index is 0.208. The molecule has 1 aromatic heterocycles. The molecule has 0 aliphatic rings. The van der Waals surface area contributed by atoms with Gasteiger partial charge in [-0.25, -0.2) is 0 Å². The van der Waals surface area contributed by atoms with Gasteiger partial charge in [0.2, 0.25) is 0 Å². The smallest absolute Gasteiger partial charge is 0.269 e. The molecule has 0 saturated carbocycles. The standard InChI is InChI=1S/C19H23N3O4/c1-25-12-11-22-18(23)15-8-10-20-17(13-15)19(24)21-9-7-14-3-5-16(26-2)6-4-14/h3-6,8,10,13H,7,9,11-12H2,1-2H3,(H,21,24)(H,22,23). The second-order valence-corrected chi connectivity index (χ2v) is 5.53. The highest BCUT2D eigenvalue weighted by Gasteiger charge is 2.11. The van der Waals surface area contributed by atoms with Crippen molar-refractivity contribution in [2.75, 3.05) is 33.9 Å². The molecule has 2 aromatic rings. The Kier molecular flexibility index (Phi) is 7.57. The second-order valence-electron chi connectivity index (χ2n) is 5.53. The van der Waals surface area contributed by atoms with Crippen LogP contribution in [0.25, 0.3) is 0 Å². The van der Waals surface area contributed by atoms with Gasteiger partial charge in [0.05, 0.1) is 13.7 Å². The first-order valence-electron chi connectivity index (χ1n) is 8.28. The molecular formula is C19H23N3O4. The van der Waals surface area contributed by atoms with E-state index in [2.05, 4.69) is 15.6 Å². The second kappa shape index (κ2) is 10.1. The predicted octanol–water partition coefficient (Wildman–Crippen LogP) is 1.44. The molecule has 7 heteroatoms. The van der Waals surface area contributed by atoms with Gasteiger partial charge in [-0.15, -0.1) is 0 Å². The Hall–Kier alpha value is -2.93. The number of hydrogen-bond donors (Lipinski definition) is 2. The van der Waals surface area contributed by atoms with Crippen LogP contribution in [0.15, 0.2) is 42.6 Å². The summed E-state index contributed by atoms with van der Waals surface area (Å²) < 4.78 is 10.00. The molecule has 0 atom stereocenters. The molecule has 1 heterocycles. The normalized spacial score (nSPS) is 10.2. The maximum Gasteiger partial charge on any atom is 0.269 e. The summed E-state index contributed by atoms with van der Waals surface area (Å²) in [6, 6.07) is 10.7. The van der Waals surface area contributed by atoms with Gasteiger partial charge in [0.25, 0.3) is 11.8 Å². The van der Waals surface area contributed by atoms with Crippen LogP contribution in [-0.2, 0) is 11.2 Å². The third kappa shape index (κ3) is 5.86. The minimum Gasteiger partial charge on any atom is -0.497 e. The summed E-state index contributed by atoms with van der Waals surface area (Å²) in [5, 5.41) is 5.52. The number of ether oxygens (including phenoxy) is 2. The summed E-state index contributed by atoms with van der Waals surface area (Å²) in [4.78, 5) is 28.3. The van der Waals surface area contributed by atoms with Crippen LogP contribution in [0.5, 0.6) is 5.75 Å². The van der Waals surface area contributed by atoms with Crippen LogP contribution < -0.4 is 15.4 Å². The van der Waals surface area contributed by atoms with E-state index in [1.54, 1.807) is 20.3 Å². The molecule has 0 unspecified atom stereocenters. The van der Waals surface area contributed by atoms with Crippen molar-refractivity contribution < 1.29 is 19.1 Å². The lowest BCUT2D eigenvalue weighted by molar-refractivity contribution is 0.0937. The van der Waals surface area contributed by atoms with E-state index < -0.39 is 0 Å². The highest BCUT2D eigenvalue weighted by atomic mass is 16.5. The van der Waals surface area contributed by atoms with Crippen molar-refractivity contribution >= 4 is 11.8 Å². The fraction of sp³-hybridized carbons (Fsp3) is 0.316. The molecule has 138 valence electrons. The maximum atomic E-state index is 12.2. The molecule has 0 bridgehead atoms. The molecule has 26 heavy (non-hydrogen) atoms. The average molecular weight is 357 g/mol. The molecule has 0 aliphatic carbocycles. The van der Waals surface area contributed by atoms with Crippen molar-refractivity contribution in [2.24, 2.45) is 0 Å². The molecule has 2 rings (SSSR count). The number of benzene rings is 1. The Morgan fingerprint density at radius 2 is 1.73 bits per heavy atom. The van der Waals surface area contributed by atoms with Gasteiger partial charge in [0.15, 0.2) is 0 Å². The van der Waals surface area contributed by atoms with E-state index in [4.69, 9.17) is 9.47 Å². The van der Waals surface area contributed by atoms with Gasteiger partial charge in [-0.1, -0.05) is 12.1 Å². The van der Waals surface area contributed by atoms with E-state index in [1.165, 1.54) is 12.3 Å². The molecule has 1 aromatic carbocycles. The summed E-state index contributed by atoms with van der Waals surface area (Å²) in [6.07, 6.45) is 2.14. The zero-order valence-electron chi connectivity index (χ0n) is 15.0. The molecule has 0 radical (unpaired) electrons. The lowest BCUT2D eigenvalue weighted by atomic mass is 10.1. The lowest BCUT2D eigenvalue weighted by Gasteiger charge is -2.08. The summed E-state index contributed by atoms with van der Waals surface area (Å²) in [5.74, 6) is 0.212. The number of aromatic nitrogens is 1. The van der Waals surface area contributed by atoms with Crippen LogP contribution >= 0.6 is 0 Å². The van der Waals surface area contributed by atoms with Crippen molar-refractivity contribution in [3.63, 3.8) is 0 Å². The van der Waals surface area contributed by atoms with Crippen molar-refractivity contribution in [2.45, 2.75) is 6.42 Å². The van der Waals surface area contributed by atoms with E-state index in [1.807, 2.05) is 24.3 Å². The Bertz CT molecular complexity index is 732. The Balaban J connectivity index is 1.86. The van der Waals surface area contributed by atoms with Crippen molar-refractivity contribution in [3.05, 3.63) is 59.4 Å². The summed E-state index contributed by atoms with van der Waals surface area (Å²) in [6.45, 7) is 1.30. The largest absolute Gasteiger partial charge is 0.497 e. The van der Waals surface area contributed by atoms with Crippen molar-refractivity contribution in [1.82, 2.24) is 15.6 Å². The van der Waals surface area contributed by atoms with E-state index in [0.29, 0.717) is 31.7 Å².